The van der Waals surface area contributed by atoms with Gasteiger partial charge in [-0.1, -0.05) is 48.5 Å². The van der Waals surface area contributed by atoms with Crippen molar-refractivity contribution in [2.75, 3.05) is 0 Å². The lowest BCUT2D eigenvalue weighted by atomic mass is 10.2. The third kappa shape index (κ3) is 4.42. The van der Waals surface area contributed by atoms with Gasteiger partial charge in [-0.05, 0) is 43.3 Å². The van der Waals surface area contributed by atoms with Crippen LogP contribution in [0.25, 0.3) is 22.8 Å². The predicted molar refractivity (Wildman–Crippen MR) is 133 cm³/mol. The minimum Gasteiger partial charge on any atom is -0.312 e. The summed E-state index contributed by atoms with van der Waals surface area (Å²) in [6, 6.07) is 25.1. The van der Waals surface area contributed by atoms with Crippen LogP contribution in [0.15, 0.2) is 95.9 Å². The molecule has 178 valence electrons. The summed E-state index contributed by atoms with van der Waals surface area (Å²) < 4.78 is 3.07. The molecule has 5 rings (SSSR count). The zero-order chi connectivity index (χ0) is 25.1. The summed E-state index contributed by atoms with van der Waals surface area (Å²) in [7, 11) is 0. The van der Waals surface area contributed by atoms with Gasteiger partial charge >= 0.3 is 11.6 Å². The van der Waals surface area contributed by atoms with Crippen molar-refractivity contribution in [2.24, 2.45) is 0 Å². The summed E-state index contributed by atoms with van der Waals surface area (Å²) in [5.41, 5.74) is 7.65. The number of hydrogen-bond donors (Lipinski definition) is 3. The fraction of sp³-hybridized carbons (Fsp3) is 0.0385. The van der Waals surface area contributed by atoms with E-state index < -0.39 is 11.8 Å². The fourth-order valence-electron chi connectivity index (χ4n) is 3.71. The van der Waals surface area contributed by atoms with E-state index >= 15 is 0 Å². The molecule has 2 aromatic heterocycles. The van der Waals surface area contributed by atoms with Crippen molar-refractivity contribution in [2.45, 2.75) is 6.92 Å². The summed E-state index contributed by atoms with van der Waals surface area (Å²) in [6.07, 6.45) is 1.61. The van der Waals surface area contributed by atoms with Crippen molar-refractivity contribution in [3.05, 3.63) is 119 Å². The number of aryl methyl sites for hydroxylation is 1. The lowest BCUT2D eigenvalue weighted by Gasteiger charge is -2.07. The molecule has 0 saturated carbocycles. The maximum absolute atomic E-state index is 12.8. The number of H-pyrrole nitrogens is 1. The Morgan fingerprint density at radius 2 is 1.44 bits per heavy atom. The van der Waals surface area contributed by atoms with Gasteiger partial charge in [0.1, 0.15) is 0 Å². The first kappa shape index (κ1) is 22.5. The Hall–Kier alpha value is -5.25. The van der Waals surface area contributed by atoms with Gasteiger partial charge in [-0.3, -0.25) is 25.0 Å². The molecule has 2 heterocycles. The van der Waals surface area contributed by atoms with Crippen molar-refractivity contribution in [3.63, 3.8) is 0 Å². The molecule has 10 heteroatoms. The molecule has 0 aliphatic rings. The molecular formula is C26H21N7O3. The second kappa shape index (κ2) is 9.55. The highest BCUT2D eigenvalue weighted by Crippen LogP contribution is 2.21. The molecule has 0 saturated heterocycles. The molecule has 2 amide bonds. The van der Waals surface area contributed by atoms with Crippen molar-refractivity contribution in [3.8, 4) is 22.8 Å². The number of para-hydroxylation sites is 1. The molecule has 3 N–H and O–H groups in total. The smallest absolute Gasteiger partial charge is 0.312 e. The Balaban J connectivity index is 1.33. The summed E-state index contributed by atoms with van der Waals surface area (Å²) >= 11 is 0. The maximum Gasteiger partial charge on any atom is 0.330 e. The van der Waals surface area contributed by atoms with E-state index in [2.05, 4.69) is 25.9 Å². The first-order valence-corrected chi connectivity index (χ1v) is 11.1. The highest BCUT2D eigenvalue weighted by atomic mass is 16.2. The van der Waals surface area contributed by atoms with Crippen molar-refractivity contribution >= 4 is 11.8 Å². The first-order chi connectivity index (χ1) is 17.5. The summed E-state index contributed by atoms with van der Waals surface area (Å²) in [6.45, 7) is 1.80. The van der Waals surface area contributed by atoms with E-state index in [1.165, 1.54) is 4.57 Å². The topological polar surface area (TPSA) is 127 Å². The molecule has 3 aromatic carbocycles. The van der Waals surface area contributed by atoms with Crippen LogP contribution in [0, 0.1) is 6.92 Å². The number of aromatic nitrogens is 5. The zero-order valence-electron chi connectivity index (χ0n) is 19.2. The number of aromatic amines is 1. The van der Waals surface area contributed by atoms with Gasteiger partial charge in [-0.2, -0.15) is 0 Å². The number of benzene rings is 3. The Bertz CT molecular complexity index is 1530. The SMILES string of the molecule is Cc1c[nH]c(=O)n1-c1ccc(C(=O)NNC(=O)c2nc(-c3ccccc3)n(-c3ccccc3)n2)cc1. The molecule has 0 aliphatic heterocycles. The van der Waals surface area contributed by atoms with Gasteiger partial charge in [0, 0.05) is 23.0 Å². The Morgan fingerprint density at radius 3 is 2.08 bits per heavy atom. The van der Waals surface area contributed by atoms with Crippen LogP contribution in [0.2, 0.25) is 0 Å². The number of carbonyl (C=O) groups is 2. The second-order valence-electron chi connectivity index (χ2n) is 7.90. The number of imidazole rings is 1. The summed E-state index contributed by atoms with van der Waals surface area (Å²) in [5, 5.41) is 4.37. The number of carbonyl (C=O) groups excluding carboxylic acids is 2. The molecule has 0 unspecified atom stereocenters. The normalized spacial score (nSPS) is 10.7. The highest BCUT2D eigenvalue weighted by molar-refractivity contribution is 5.97. The van der Waals surface area contributed by atoms with Crippen LogP contribution in [-0.2, 0) is 0 Å². The minimum atomic E-state index is -0.665. The zero-order valence-corrected chi connectivity index (χ0v) is 19.2. The number of hydrazine groups is 1. The number of nitrogens with one attached hydrogen (secondary N) is 3. The molecule has 0 radical (unpaired) electrons. The third-order valence-electron chi connectivity index (χ3n) is 5.48. The molecule has 0 atom stereocenters. The maximum atomic E-state index is 12.8. The van der Waals surface area contributed by atoms with Gasteiger partial charge in [0.15, 0.2) is 5.82 Å². The molecular weight excluding hydrogens is 458 g/mol. The number of amides is 2. The first-order valence-electron chi connectivity index (χ1n) is 11.1. The van der Waals surface area contributed by atoms with E-state index in [4.69, 9.17) is 0 Å². The van der Waals surface area contributed by atoms with E-state index in [-0.39, 0.29) is 11.5 Å². The van der Waals surface area contributed by atoms with Gasteiger partial charge in [0.25, 0.3) is 5.91 Å². The van der Waals surface area contributed by atoms with Gasteiger partial charge in [0.2, 0.25) is 5.82 Å². The summed E-state index contributed by atoms with van der Waals surface area (Å²) in [5.74, 6) is -0.806. The van der Waals surface area contributed by atoms with Crippen LogP contribution in [0.4, 0.5) is 0 Å². The van der Waals surface area contributed by atoms with Crippen LogP contribution in [0.1, 0.15) is 26.7 Å². The standard InChI is InChI=1S/C26H21N7O3/c1-17-16-27-26(36)32(17)20-14-12-19(13-15-20)24(34)29-30-25(35)22-28-23(18-8-4-2-5-9-18)33(31-22)21-10-6-3-7-11-21/h2-16H,1H3,(H,27,36)(H,29,34)(H,30,35). The van der Waals surface area contributed by atoms with Gasteiger partial charge in [-0.25, -0.2) is 14.5 Å². The summed E-state index contributed by atoms with van der Waals surface area (Å²) in [4.78, 5) is 44.3. The fourth-order valence-corrected chi connectivity index (χ4v) is 3.71. The third-order valence-corrected chi connectivity index (χ3v) is 5.48. The second-order valence-corrected chi connectivity index (χ2v) is 7.90. The van der Waals surface area contributed by atoms with Crippen LogP contribution < -0.4 is 16.5 Å². The van der Waals surface area contributed by atoms with Crippen LogP contribution in [0.5, 0.6) is 0 Å². The Morgan fingerprint density at radius 1 is 0.806 bits per heavy atom. The van der Waals surface area contributed by atoms with E-state index in [1.54, 1.807) is 42.1 Å². The largest absolute Gasteiger partial charge is 0.330 e. The van der Waals surface area contributed by atoms with Gasteiger partial charge < -0.3 is 4.98 Å². The van der Waals surface area contributed by atoms with Crippen molar-refractivity contribution in [1.29, 1.82) is 0 Å². The lowest BCUT2D eigenvalue weighted by Crippen LogP contribution is -2.42. The van der Waals surface area contributed by atoms with E-state index in [0.29, 0.717) is 17.1 Å². The van der Waals surface area contributed by atoms with Crippen LogP contribution in [-0.4, -0.2) is 36.1 Å². The van der Waals surface area contributed by atoms with Crippen LogP contribution in [0.3, 0.4) is 0 Å². The van der Waals surface area contributed by atoms with Crippen molar-refractivity contribution in [1.82, 2.24) is 35.2 Å². The van der Waals surface area contributed by atoms with Gasteiger partial charge in [0.05, 0.1) is 11.4 Å². The van der Waals surface area contributed by atoms with E-state index in [0.717, 1.165) is 16.9 Å². The molecule has 0 fully saturated rings. The molecule has 0 spiro atoms. The van der Waals surface area contributed by atoms with Crippen LogP contribution >= 0.6 is 0 Å². The monoisotopic (exact) mass is 479 g/mol. The predicted octanol–water partition coefficient (Wildman–Crippen LogP) is 2.80. The average molecular weight is 480 g/mol. The Labute approximate surface area is 205 Å². The molecule has 0 aliphatic carbocycles. The Kier molecular flexibility index (Phi) is 5.98. The number of rotatable bonds is 5. The molecule has 5 aromatic rings. The number of hydrogen-bond acceptors (Lipinski definition) is 5. The van der Waals surface area contributed by atoms with Crippen molar-refractivity contribution < 1.29 is 9.59 Å². The highest BCUT2D eigenvalue weighted by Gasteiger charge is 2.19. The average Bonchev–Trinajstić information content (AvgIpc) is 3.51. The quantitative estimate of drug-likeness (QED) is 0.334. The molecule has 10 nitrogen and oxygen atoms in total. The number of nitrogens with zero attached hydrogens (tertiary/aromatic N) is 4. The van der Waals surface area contributed by atoms with Gasteiger partial charge in [-0.15, -0.1) is 5.10 Å². The minimum absolute atomic E-state index is 0.101. The van der Waals surface area contributed by atoms with E-state index in [1.807, 2.05) is 60.7 Å². The lowest BCUT2D eigenvalue weighted by molar-refractivity contribution is 0.0841. The van der Waals surface area contributed by atoms with E-state index in [9.17, 15) is 14.4 Å². The molecule has 36 heavy (non-hydrogen) atoms. The molecule has 0 bridgehead atoms.